The summed E-state index contributed by atoms with van der Waals surface area (Å²) in [7, 11) is 1.74. The number of para-hydroxylation sites is 1. The third-order valence-corrected chi connectivity index (χ3v) is 5.49. The minimum Gasteiger partial charge on any atom is -0.496 e. The quantitative estimate of drug-likeness (QED) is 0.866. The van der Waals surface area contributed by atoms with Crippen molar-refractivity contribution in [1.29, 1.82) is 0 Å². The van der Waals surface area contributed by atoms with Crippen LogP contribution in [-0.4, -0.2) is 25.9 Å². The summed E-state index contributed by atoms with van der Waals surface area (Å²) in [6.45, 7) is 5.17. The van der Waals surface area contributed by atoms with E-state index in [4.69, 9.17) is 9.47 Å². The molecule has 3 atom stereocenters. The molecule has 2 aliphatic carbocycles. The van der Waals surface area contributed by atoms with E-state index >= 15 is 0 Å². The van der Waals surface area contributed by atoms with Crippen LogP contribution < -0.4 is 10.1 Å². The highest BCUT2D eigenvalue weighted by Crippen LogP contribution is 2.57. The lowest BCUT2D eigenvalue weighted by Gasteiger charge is -2.61. The van der Waals surface area contributed by atoms with Crippen molar-refractivity contribution < 1.29 is 9.47 Å². The van der Waals surface area contributed by atoms with E-state index < -0.39 is 0 Å². The Labute approximate surface area is 128 Å². The van der Waals surface area contributed by atoms with Crippen LogP contribution in [0.1, 0.15) is 51.1 Å². The molecular formula is C18H27NO2. The van der Waals surface area contributed by atoms with E-state index in [1.54, 1.807) is 7.11 Å². The summed E-state index contributed by atoms with van der Waals surface area (Å²) in [6.07, 6.45) is 5.60. The molecule has 0 saturated heterocycles. The molecule has 2 aliphatic rings. The van der Waals surface area contributed by atoms with E-state index in [-0.39, 0.29) is 0 Å². The Morgan fingerprint density at radius 1 is 1.33 bits per heavy atom. The van der Waals surface area contributed by atoms with Gasteiger partial charge in [-0.1, -0.05) is 24.6 Å². The lowest BCUT2D eigenvalue weighted by Crippen LogP contribution is -2.67. The zero-order valence-corrected chi connectivity index (χ0v) is 13.4. The molecule has 1 aromatic rings. The third-order valence-electron chi connectivity index (χ3n) is 5.49. The van der Waals surface area contributed by atoms with Gasteiger partial charge in [0.1, 0.15) is 5.75 Å². The maximum Gasteiger partial charge on any atom is 0.123 e. The molecule has 1 aromatic carbocycles. The van der Waals surface area contributed by atoms with Crippen molar-refractivity contribution >= 4 is 0 Å². The van der Waals surface area contributed by atoms with Gasteiger partial charge < -0.3 is 14.8 Å². The van der Waals surface area contributed by atoms with Gasteiger partial charge in [-0.05, 0) is 39.2 Å². The minimum atomic E-state index is 0.311. The number of hydrogen-bond donors (Lipinski definition) is 1. The summed E-state index contributed by atoms with van der Waals surface area (Å²) in [5.74, 6) is 0.973. The molecule has 2 saturated carbocycles. The molecule has 3 unspecified atom stereocenters. The molecule has 0 aromatic heterocycles. The predicted molar refractivity (Wildman–Crippen MR) is 84.6 cm³/mol. The Bertz CT molecular complexity index is 484. The van der Waals surface area contributed by atoms with Crippen LogP contribution in [0.15, 0.2) is 24.3 Å². The number of rotatable bonds is 6. The topological polar surface area (TPSA) is 30.5 Å². The number of hydrogen-bond acceptors (Lipinski definition) is 3. The zero-order valence-electron chi connectivity index (χ0n) is 13.4. The van der Waals surface area contributed by atoms with Crippen molar-refractivity contribution in [3.05, 3.63) is 29.8 Å². The maximum absolute atomic E-state index is 5.93. The first-order chi connectivity index (χ1) is 10.2. The Hall–Kier alpha value is -1.06. The number of nitrogens with one attached hydrogen (secondary N) is 1. The van der Waals surface area contributed by atoms with Gasteiger partial charge in [-0.2, -0.15) is 0 Å². The second kappa shape index (κ2) is 5.98. The van der Waals surface area contributed by atoms with E-state index in [0.29, 0.717) is 23.6 Å². The van der Waals surface area contributed by atoms with Crippen LogP contribution in [0.2, 0.25) is 0 Å². The predicted octanol–water partition coefficient (Wildman–Crippen LogP) is 3.69. The molecule has 21 heavy (non-hydrogen) atoms. The van der Waals surface area contributed by atoms with E-state index in [1.165, 1.54) is 24.8 Å². The van der Waals surface area contributed by atoms with Crippen molar-refractivity contribution in [2.45, 2.75) is 57.7 Å². The van der Waals surface area contributed by atoms with Gasteiger partial charge >= 0.3 is 0 Å². The Kier molecular flexibility index (Phi) is 4.23. The van der Waals surface area contributed by atoms with Gasteiger partial charge in [0.2, 0.25) is 0 Å². The number of methoxy groups -OCH3 is 1. The molecule has 3 rings (SSSR count). The van der Waals surface area contributed by atoms with E-state index in [1.807, 2.05) is 12.1 Å². The normalized spacial score (nSPS) is 27.8. The minimum absolute atomic E-state index is 0.311. The molecule has 0 heterocycles. The standard InChI is InChI=1S/C18H27NO2/c1-4-21-17-12-16(18(17)10-7-11-18)19-13(2)14-8-5-6-9-15(14)20-3/h5-6,8-9,13,16-17,19H,4,7,10-12H2,1-3H3. The monoisotopic (exact) mass is 289 g/mol. The molecule has 0 aliphatic heterocycles. The van der Waals surface area contributed by atoms with Crippen molar-refractivity contribution in [2.75, 3.05) is 13.7 Å². The Morgan fingerprint density at radius 2 is 2.10 bits per heavy atom. The average Bonchev–Trinajstić information content (AvgIpc) is 2.44. The second-order valence-electron chi connectivity index (χ2n) is 6.45. The van der Waals surface area contributed by atoms with E-state index in [2.05, 4.69) is 31.3 Å². The first-order valence-electron chi connectivity index (χ1n) is 8.22. The molecule has 0 radical (unpaired) electrons. The van der Waals surface area contributed by atoms with Crippen molar-refractivity contribution in [2.24, 2.45) is 5.41 Å². The highest BCUT2D eigenvalue weighted by molar-refractivity contribution is 5.35. The van der Waals surface area contributed by atoms with Crippen LogP contribution in [-0.2, 0) is 4.74 Å². The number of benzene rings is 1. The van der Waals surface area contributed by atoms with Gasteiger partial charge in [0, 0.05) is 29.7 Å². The summed E-state index contributed by atoms with van der Waals surface area (Å²) in [5, 5.41) is 3.83. The summed E-state index contributed by atoms with van der Waals surface area (Å²) in [5.41, 5.74) is 1.65. The molecule has 3 heteroatoms. The molecule has 3 nitrogen and oxygen atoms in total. The average molecular weight is 289 g/mol. The van der Waals surface area contributed by atoms with Gasteiger partial charge in [-0.15, -0.1) is 0 Å². The third kappa shape index (κ3) is 2.47. The molecule has 1 N–H and O–H groups in total. The second-order valence-corrected chi connectivity index (χ2v) is 6.45. The largest absolute Gasteiger partial charge is 0.496 e. The molecule has 0 bridgehead atoms. The van der Waals surface area contributed by atoms with E-state index in [0.717, 1.165) is 18.8 Å². The van der Waals surface area contributed by atoms with Crippen LogP contribution in [0.4, 0.5) is 0 Å². The lowest BCUT2D eigenvalue weighted by molar-refractivity contribution is -0.174. The van der Waals surface area contributed by atoms with Crippen molar-refractivity contribution in [1.82, 2.24) is 5.32 Å². The fourth-order valence-electron chi connectivity index (χ4n) is 4.09. The summed E-state index contributed by atoms with van der Waals surface area (Å²) in [4.78, 5) is 0. The van der Waals surface area contributed by atoms with Crippen LogP contribution >= 0.6 is 0 Å². The van der Waals surface area contributed by atoms with E-state index in [9.17, 15) is 0 Å². The van der Waals surface area contributed by atoms with Crippen LogP contribution in [0.25, 0.3) is 0 Å². The van der Waals surface area contributed by atoms with Crippen LogP contribution in [0.5, 0.6) is 5.75 Å². The molecule has 116 valence electrons. The highest BCUT2D eigenvalue weighted by atomic mass is 16.5. The highest BCUT2D eigenvalue weighted by Gasteiger charge is 2.58. The molecular weight excluding hydrogens is 262 g/mol. The fraction of sp³-hybridized carbons (Fsp3) is 0.667. The first-order valence-corrected chi connectivity index (χ1v) is 8.22. The Morgan fingerprint density at radius 3 is 2.71 bits per heavy atom. The SMILES string of the molecule is CCOC1CC(NC(C)c2ccccc2OC)C12CCC2. The van der Waals surface area contributed by atoms with Gasteiger partial charge in [0.15, 0.2) is 0 Å². The summed E-state index contributed by atoms with van der Waals surface area (Å²) in [6, 6.07) is 9.20. The fourth-order valence-corrected chi connectivity index (χ4v) is 4.09. The summed E-state index contributed by atoms with van der Waals surface area (Å²) >= 11 is 0. The first kappa shape index (κ1) is 14.9. The molecule has 0 amide bonds. The number of ether oxygens (including phenoxy) is 2. The zero-order chi connectivity index (χ0) is 14.9. The lowest BCUT2D eigenvalue weighted by atomic mass is 9.51. The van der Waals surface area contributed by atoms with Crippen molar-refractivity contribution in [3.8, 4) is 5.75 Å². The van der Waals surface area contributed by atoms with Gasteiger partial charge in [-0.25, -0.2) is 0 Å². The van der Waals surface area contributed by atoms with Crippen LogP contribution in [0, 0.1) is 5.41 Å². The molecule has 2 fully saturated rings. The van der Waals surface area contributed by atoms with Gasteiger partial charge in [-0.3, -0.25) is 0 Å². The summed E-state index contributed by atoms with van der Waals surface area (Å²) < 4.78 is 11.4. The maximum atomic E-state index is 5.93. The smallest absolute Gasteiger partial charge is 0.123 e. The van der Waals surface area contributed by atoms with Crippen LogP contribution in [0.3, 0.4) is 0 Å². The van der Waals surface area contributed by atoms with Gasteiger partial charge in [0.25, 0.3) is 0 Å². The van der Waals surface area contributed by atoms with Gasteiger partial charge in [0.05, 0.1) is 13.2 Å². The van der Waals surface area contributed by atoms with Crippen molar-refractivity contribution in [3.63, 3.8) is 0 Å². The molecule has 1 spiro atoms. The Balaban J connectivity index is 1.67.